The van der Waals surface area contributed by atoms with Crippen LogP contribution in [0.25, 0.3) is 16.7 Å². The number of carbonyl (C=O) groups excluding carboxylic acids is 1. The standard InChI is InChI=1S/C24H23FN4O2/c1-15-13-21(30)28(17(3)23(31)26-14-18-9-11-19(25)12-10-18)24-22(15)16(2)27-29(24)20-7-5-4-6-8-20/h4-13,17H,14H2,1-3H3,(H,26,31). The van der Waals surface area contributed by atoms with Crippen molar-refractivity contribution >= 4 is 16.9 Å². The lowest BCUT2D eigenvalue weighted by molar-refractivity contribution is -0.124. The summed E-state index contributed by atoms with van der Waals surface area (Å²) in [6.45, 7) is 5.69. The second-order valence-electron chi connectivity index (χ2n) is 7.59. The van der Waals surface area contributed by atoms with E-state index in [-0.39, 0.29) is 23.8 Å². The number of halogens is 1. The van der Waals surface area contributed by atoms with Gasteiger partial charge in [0.1, 0.15) is 17.5 Å². The molecule has 4 rings (SSSR count). The summed E-state index contributed by atoms with van der Waals surface area (Å²) in [5.41, 5.74) is 3.48. The van der Waals surface area contributed by atoms with Crippen molar-refractivity contribution < 1.29 is 9.18 Å². The summed E-state index contributed by atoms with van der Waals surface area (Å²) in [6.07, 6.45) is 0. The molecule has 1 unspecified atom stereocenters. The number of aromatic nitrogens is 3. The molecule has 0 spiro atoms. The first-order chi connectivity index (χ1) is 14.9. The predicted octanol–water partition coefficient (Wildman–Crippen LogP) is 3.82. The SMILES string of the molecule is Cc1cc(=O)n(C(C)C(=O)NCc2ccc(F)cc2)c2c1c(C)nn2-c1ccccc1. The summed E-state index contributed by atoms with van der Waals surface area (Å²) in [5, 5.41) is 8.34. The smallest absolute Gasteiger partial charge is 0.253 e. The van der Waals surface area contributed by atoms with E-state index in [4.69, 9.17) is 0 Å². The van der Waals surface area contributed by atoms with Gasteiger partial charge in [0.05, 0.1) is 11.4 Å². The molecule has 0 saturated heterocycles. The van der Waals surface area contributed by atoms with Gasteiger partial charge in [0.2, 0.25) is 5.91 Å². The van der Waals surface area contributed by atoms with Crippen LogP contribution in [0.4, 0.5) is 4.39 Å². The summed E-state index contributed by atoms with van der Waals surface area (Å²) >= 11 is 0. The lowest BCUT2D eigenvalue weighted by Gasteiger charge is -2.18. The molecule has 1 atom stereocenters. The minimum absolute atomic E-state index is 0.240. The highest BCUT2D eigenvalue weighted by Gasteiger charge is 2.23. The molecule has 0 aliphatic rings. The molecule has 31 heavy (non-hydrogen) atoms. The predicted molar refractivity (Wildman–Crippen MR) is 118 cm³/mol. The van der Waals surface area contributed by atoms with Crippen molar-refractivity contribution in [1.29, 1.82) is 0 Å². The molecular formula is C24H23FN4O2. The van der Waals surface area contributed by atoms with Gasteiger partial charge < -0.3 is 5.32 Å². The molecule has 1 amide bonds. The van der Waals surface area contributed by atoms with Gasteiger partial charge in [-0.1, -0.05) is 30.3 Å². The van der Waals surface area contributed by atoms with E-state index in [0.29, 0.717) is 5.65 Å². The maximum atomic E-state index is 13.1. The normalized spacial score (nSPS) is 12.1. The Balaban J connectivity index is 1.76. The van der Waals surface area contributed by atoms with E-state index in [9.17, 15) is 14.0 Å². The number of nitrogens with zero attached hydrogens (tertiary/aromatic N) is 3. The van der Waals surface area contributed by atoms with E-state index < -0.39 is 6.04 Å². The number of carbonyl (C=O) groups is 1. The van der Waals surface area contributed by atoms with Crippen LogP contribution in [0.15, 0.2) is 65.5 Å². The topological polar surface area (TPSA) is 68.9 Å². The van der Waals surface area contributed by atoms with Crippen molar-refractivity contribution in [2.45, 2.75) is 33.4 Å². The summed E-state index contributed by atoms with van der Waals surface area (Å²) in [6, 6.07) is 16.2. The van der Waals surface area contributed by atoms with Crippen LogP contribution in [0.5, 0.6) is 0 Å². The van der Waals surface area contributed by atoms with Crippen LogP contribution in [0, 0.1) is 19.7 Å². The number of rotatable bonds is 5. The van der Waals surface area contributed by atoms with Crippen LogP contribution in [0.2, 0.25) is 0 Å². The molecule has 0 fully saturated rings. The van der Waals surface area contributed by atoms with Crippen molar-refractivity contribution in [1.82, 2.24) is 19.7 Å². The fourth-order valence-corrected chi connectivity index (χ4v) is 3.81. The molecule has 0 bridgehead atoms. The highest BCUT2D eigenvalue weighted by molar-refractivity contribution is 5.87. The third-order valence-corrected chi connectivity index (χ3v) is 5.38. The number of hydrogen-bond donors (Lipinski definition) is 1. The summed E-state index contributed by atoms with van der Waals surface area (Å²) in [4.78, 5) is 25.9. The van der Waals surface area contributed by atoms with Crippen molar-refractivity contribution in [2.75, 3.05) is 0 Å². The Hall–Kier alpha value is -3.74. The maximum absolute atomic E-state index is 13.1. The molecule has 2 heterocycles. The Morgan fingerprint density at radius 3 is 2.45 bits per heavy atom. The number of amides is 1. The molecule has 158 valence electrons. The Labute approximate surface area is 178 Å². The van der Waals surface area contributed by atoms with Gasteiger partial charge in [0.15, 0.2) is 0 Å². The lowest BCUT2D eigenvalue weighted by Crippen LogP contribution is -2.36. The molecule has 0 aliphatic heterocycles. The number of nitrogens with one attached hydrogen (secondary N) is 1. The Bertz CT molecular complexity index is 1310. The van der Waals surface area contributed by atoms with Gasteiger partial charge in [0, 0.05) is 18.0 Å². The molecule has 4 aromatic rings. The Kier molecular flexibility index (Phi) is 5.42. The minimum Gasteiger partial charge on any atom is -0.350 e. The van der Waals surface area contributed by atoms with Gasteiger partial charge in [-0.05, 0) is 56.2 Å². The minimum atomic E-state index is -0.769. The van der Waals surface area contributed by atoms with Gasteiger partial charge in [-0.3, -0.25) is 14.2 Å². The van der Waals surface area contributed by atoms with Crippen LogP contribution in [-0.4, -0.2) is 20.3 Å². The first kappa shape index (κ1) is 20.5. The van der Waals surface area contributed by atoms with E-state index in [1.807, 2.05) is 44.2 Å². The second-order valence-corrected chi connectivity index (χ2v) is 7.59. The van der Waals surface area contributed by atoms with Gasteiger partial charge in [-0.25, -0.2) is 9.07 Å². The number of aryl methyl sites for hydroxylation is 2. The monoisotopic (exact) mass is 418 g/mol. The zero-order valence-corrected chi connectivity index (χ0v) is 17.6. The van der Waals surface area contributed by atoms with E-state index in [1.165, 1.54) is 22.8 Å². The lowest BCUT2D eigenvalue weighted by atomic mass is 10.1. The molecule has 7 heteroatoms. The number of hydrogen-bond acceptors (Lipinski definition) is 3. The Morgan fingerprint density at radius 2 is 1.77 bits per heavy atom. The highest BCUT2D eigenvalue weighted by Crippen LogP contribution is 2.25. The molecule has 1 N–H and O–H groups in total. The van der Waals surface area contributed by atoms with Crippen molar-refractivity contribution in [3.63, 3.8) is 0 Å². The molecule has 2 aromatic carbocycles. The van der Waals surface area contributed by atoms with Crippen LogP contribution in [0.1, 0.15) is 29.8 Å². The van der Waals surface area contributed by atoms with Crippen LogP contribution in [0.3, 0.4) is 0 Å². The fourth-order valence-electron chi connectivity index (χ4n) is 3.81. The van der Waals surface area contributed by atoms with Gasteiger partial charge in [-0.15, -0.1) is 0 Å². The average molecular weight is 418 g/mol. The average Bonchev–Trinajstić information content (AvgIpc) is 3.11. The van der Waals surface area contributed by atoms with Crippen LogP contribution >= 0.6 is 0 Å². The number of para-hydroxylation sites is 1. The molecule has 0 aliphatic carbocycles. The zero-order valence-electron chi connectivity index (χ0n) is 17.6. The molecule has 0 radical (unpaired) electrons. The van der Waals surface area contributed by atoms with E-state index in [1.54, 1.807) is 23.7 Å². The number of pyridine rings is 1. The summed E-state index contributed by atoms with van der Waals surface area (Å²) < 4.78 is 16.3. The molecular weight excluding hydrogens is 395 g/mol. The van der Waals surface area contributed by atoms with Crippen molar-refractivity contribution in [3.8, 4) is 5.69 Å². The summed E-state index contributed by atoms with van der Waals surface area (Å²) in [7, 11) is 0. The third kappa shape index (κ3) is 3.86. The molecule has 6 nitrogen and oxygen atoms in total. The van der Waals surface area contributed by atoms with E-state index in [0.717, 1.165) is 27.9 Å². The van der Waals surface area contributed by atoms with Crippen molar-refractivity contribution in [3.05, 3.63) is 93.7 Å². The van der Waals surface area contributed by atoms with Crippen molar-refractivity contribution in [2.24, 2.45) is 0 Å². The maximum Gasteiger partial charge on any atom is 0.253 e. The van der Waals surface area contributed by atoms with Crippen LogP contribution < -0.4 is 10.9 Å². The Morgan fingerprint density at radius 1 is 1.10 bits per heavy atom. The van der Waals surface area contributed by atoms with Gasteiger partial charge in [-0.2, -0.15) is 5.10 Å². The highest BCUT2D eigenvalue weighted by atomic mass is 19.1. The summed E-state index contributed by atoms with van der Waals surface area (Å²) in [5.74, 6) is -0.642. The van der Waals surface area contributed by atoms with E-state index in [2.05, 4.69) is 10.4 Å². The first-order valence-corrected chi connectivity index (χ1v) is 10.1. The fraction of sp³-hybridized carbons (Fsp3) is 0.208. The third-order valence-electron chi connectivity index (χ3n) is 5.38. The molecule has 2 aromatic heterocycles. The zero-order chi connectivity index (χ0) is 22.1. The first-order valence-electron chi connectivity index (χ1n) is 10.1. The quantitative estimate of drug-likeness (QED) is 0.536. The molecule has 0 saturated carbocycles. The van der Waals surface area contributed by atoms with Crippen LogP contribution in [-0.2, 0) is 11.3 Å². The largest absolute Gasteiger partial charge is 0.350 e. The number of fused-ring (bicyclic) bond motifs is 1. The number of benzene rings is 2. The van der Waals surface area contributed by atoms with Gasteiger partial charge >= 0.3 is 0 Å². The van der Waals surface area contributed by atoms with Gasteiger partial charge in [0.25, 0.3) is 5.56 Å². The van der Waals surface area contributed by atoms with E-state index >= 15 is 0 Å². The second kappa shape index (κ2) is 8.18.